The van der Waals surface area contributed by atoms with Crippen LogP contribution in [0.1, 0.15) is 135 Å². The van der Waals surface area contributed by atoms with Gasteiger partial charge in [0.15, 0.2) is 0 Å². The Morgan fingerprint density at radius 3 is 1.68 bits per heavy atom. The number of hydrogen-bond donors (Lipinski definition) is 0. The summed E-state index contributed by atoms with van der Waals surface area (Å²) in [6.45, 7) is 2.30. The van der Waals surface area contributed by atoms with Crippen LogP contribution in [0.15, 0.2) is 0 Å². The normalized spacial score (nSPS) is 25.3. The van der Waals surface area contributed by atoms with E-state index < -0.39 is 0 Å². The van der Waals surface area contributed by atoms with E-state index in [4.69, 9.17) is 4.74 Å². The first-order chi connectivity index (χ1) is 12.4. The van der Waals surface area contributed by atoms with Gasteiger partial charge in [-0.2, -0.15) is 0 Å². The molecule has 148 valence electrons. The van der Waals surface area contributed by atoms with Crippen molar-refractivity contribution in [3.8, 4) is 0 Å². The van der Waals surface area contributed by atoms with Gasteiger partial charge in [0, 0.05) is 0 Å². The lowest BCUT2D eigenvalue weighted by molar-refractivity contribution is -0.0513. The van der Waals surface area contributed by atoms with Gasteiger partial charge in [0.25, 0.3) is 0 Å². The predicted octanol–water partition coefficient (Wildman–Crippen LogP) is 8.21. The third-order valence-corrected chi connectivity index (χ3v) is 6.70. The molecule has 0 N–H and O–H groups in total. The summed E-state index contributed by atoms with van der Waals surface area (Å²) in [5.41, 5.74) is 0. The topological polar surface area (TPSA) is 9.23 Å². The maximum Gasteiger partial charge on any atom is 0.0579 e. The van der Waals surface area contributed by atoms with E-state index in [0.717, 1.165) is 5.92 Å². The molecule has 0 spiro atoms. The van der Waals surface area contributed by atoms with Gasteiger partial charge in [0.05, 0.1) is 12.2 Å². The van der Waals surface area contributed by atoms with Crippen LogP contribution in [0.5, 0.6) is 0 Å². The van der Waals surface area contributed by atoms with E-state index in [1.165, 1.54) is 128 Å². The summed E-state index contributed by atoms with van der Waals surface area (Å²) in [6.07, 6.45) is 29.8. The Labute approximate surface area is 158 Å². The monoisotopic (exact) mass is 350 g/mol. The maximum atomic E-state index is 6.39. The molecule has 0 bridgehead atoms. The van der Waals surface area contributed by atoms with E-state index in [2.05, 4.69) is 6.92 Å². The molecular formula is C24H46O. The predicted molar refractivity (Wildman–Crippen MR) is 110 cm³/mol. The second-order valence-electron chi connectivity index (χ2n) is 9.01. The number of hydrogen-bond acceptors (Lipinski definition) is 1. The van der Waals surface area contributed by atoms with Crippen molar-refractivity contribution in [3.05, 3.63) is 0 Å². The highest BCUT2D eigenvalue weighted by Crippen LogP contribution is 2.32. The zero-order valence-electron chi connectivity index (χ0n) is 17.3. The quantitative estimate of drug-likeness (QED) is 0.304. The second kappa shape index (κ2) is 14.1. The van der Waals surface area contributed by atoms with Crippen LogP contribution in [0.4, 0.5) is 0 Å². The van der Waals surface area contributed by atoms with Crippen molar-refractivity contribution in [2.45, 2.75) is 148 Å². The molecule has 1 nitrogen and oxygen atoms in total. The number of unbranched alkanes of at least 4 members (excludes halogenated alkanes) is 9. The van der Waals surface area contributed by atoms with Gasteiger partial charge in [-0.25, -0.2) is 0 Å². The summed E-state index contributed by atoms with van der Waals surface area (Å²) >= 11 is 0. The summed E-state index contributed by atoms with van der Waals surface area (Å²) in [4.78, 5) is 0. The first kappa shape index (κ1) is 21.3. The molecule has 0 atom stereocenters. The summed E-state index contributed by atoms with van der Waals surface area (Å²) < 4.78 is 6.39. The molecule has 0 amide bonds. The Kier molecular flexibility index (Phi) is 12.0. The Morgan fingerprint density at radius 2 is 1.08 bits per heavy atom. The molecule has 2 aliphatic rings. The molecule has 0 heterocycles. The molecule has 0 aromatic heterocycles. The smallest absolute Gasteiger partial charge is 0.0579 e. The minimum absolute atomic E-state index is 0.604. The molecule has 2 rings (SSSR count). The van der Waals surface area contributed by atoms with Crippen molar-refractivity contribution in [3.63, 3.8) is 0 Å². The van der Waals surface area contributed by atoms with Crippen molar-refractivity contribution in [2.24, 2.45) is 5.92 Å². The fourth-order valence-electron chi connectivity index (χ4n) is 4.95. The molecular weight excluding hydrogens is 304 g/mol. The third-order valence-electron chi connectivity index (χ3n) is 6.70. The SMILES string of the molecule is CCCCCCCCCCCCC1CCC(OC2CCCCC2)CC1. The van der Waals surface area contributed by atoms with Gasteiger partial charge in [0.1, 0.15) is 0 Å². The molecule has 2 fully saturated rings. The zero-order valence-corrected chi connectivity index (χ0v) is 17.3. The molecule has 2 saturated carbocycles. The summed E-state index contributed by atoms with van der Waals surface area (Å²) in [5.74, 6) is 1.01. The number of ether oxygens (including phenoxy) is 1. The van der Waals surface area contributed by atoms with Crippen LogP contribution in [0.3, 0.4) is 0 Å². The van der Waals surface area contributed by atoms with Crippen LogP contribution < -0.4 is 0 Å². The first-order valence-electron chi connectivity index (χ1n) is 12.0. The van der Waals surface area contributed by atoms with Crippen molar-refractivity contribution >= 4 is 0 Å². The maximum absolute atomic E-state index is 6.39. The molecule has 0 aliphatic heterocycles. The van der Waals surface area contributed by atoms with Crippen LogP contribution in [0.2, 0.25) is 0 Å². The summed E-state index contributed by atoms with van der Waals surface area (Å²) in [7, 11) is 0. The van der Waals surface area contributed by atoms with Crippen LogP contribution in [-0.2, 0) is 4.74 Å². The lowest BCUT2D eigenvalue weighted by atomic mass is 9.83. The lowest BCUT2D eigenvalue weighted by Crippen LogP contribution is -2.28. The third kappa shape index (κ3) is 10.0. The van der Waals surface area contributed by atoms with Gasteiger partial charge < -0.3 is 4.74 Å². The van der Waals surface area contributed by atoms with Gasteiger partial charge in [-0.05, 0) is 44.4 Å². The molecule has 25 heavy (non-hydrogen) atoms. The first-order valence-corrected chi connectivity index (χ1v) is 12.0. The molecule has 0 unspecified atom stereocenters. The number of rotatable bonds is 13. The van der Waals surface area contributed by atoms with E-state index in [9.17, 15) is 0 Å². The molecule has 0 aromatic carbocycles. The minimum atomic E-state index is 0.604. The molecule has 2 aliphatic carbocycles. The highest BCUT2D eigenvalue weighted by Gasteiger charge is 2.24. The summed E-state index contributed by atoms with van der Waals surface area (Å²) in [6, 6.07) is 0. The molecule has 0 aromatic rings. The molecule has 1 heteroatoms. The van der Waals surface area contributed by atoms with Crippen LogP contribution in [0, 0.1) is 5.92 Å². The van der Waals surface area contributed by atoms with Crippen molar-refractivity contribution in [2.75, 3.05) is 0 Å². The minimum Gasteiger partial charge on any atom is -0.375 e. The highest BCUT2D eigenvalue weighted by atomic mass is 16.5. The van der Waals surface area contributed by atoms with Crippen molar-refractivity contribution in [1.82, 2.24) is 0 Å². The van der Waals surface area contributed by atoms with Gasteiger partial charge >= 0.3 is 0 Å². The van der Waals surface area contributed by atoms with Crippen molar-refractivity contribution in [1.29, 1.82) is 0 Å². The Hall–Kier alpha value is -0.0400. The highest BCUT2D eigenvalue weighted by molar-refractivity contribution is 4.75. The molecule has 0 saturated heterocycles. The lowest BCUT2D eigenvalue weighted by Gasteiger charge is -2.33. The Morgan fingerprint density at radius 1 is 0.560 bits per heavy atom. The second-order valence-corrected chi connectivity index (χ2v) is 9.01. The zero-order chi connectivity index (χ0) is 17.6. The van der Waals surface area contributed by atoms with Gasteiger partial charge in [-0.15, -0.1) is 0 Å². The average molecular weight is 351 g/mol. The van der Waals surface area contributed by atoms with Gasteiger partial charge in [-0.3, -0.25) is 0 Å². The van der Waals surface area contributed by atoms with E-state index in [0.29, 0.717) is 12.2 Å². The molecule has 0 radical (unpaired) electrons. The Balaban J connectivity index is 1.37. The summed E-state index contributed by atoms with van der Waals surface area (Å²) in [5, 5.41) is 0. The standard InChI is InChI=1S/C24H46O/c1-2-3-4-5-6-7-8-9-10-12-15-22-18-20-24(21-19-22)25-23-16-13-11-14-17-23/h22-24H,2-21H2,1H3. The van der Waals surface area contributed by atoms with E-state index in [1.807, 2.05) is 0 Å². The van der Waals surface area contributed by atoms with Crippen LogP contribution >= 0.6 is 0 Å². The van der Waals surface area contributed by atoms with Gasteiger partial charge in [-0.1, -0.05) is 96.8 Å². The van der Waals surface area contributed by atoms with Crippen molar-refractivity contribution < 1.29 is 4.74 Å². The fraction of sp³-hybridized carbons (Fsp3) is 1.00. The van der Waals surface area contributed by atoms with E-state index in [-0.39, 0.29) is 0 Å². The fourth-order valence-corrected chi connectivity index (χ4v) is 4.95. The van der Waals surface area contributed by atoms with E-state index in [1.54, 1.807) is 0 Å². The Bertz CT molecular complexity index is 286. The van der Waals surface area contributed by atoms with Crippen LogP contribution in [-0.4, -0.2) is 12.2 Å². The van der Waals surface area contributed by atoms with Crippen LogP contribution in [0.25, 0.3) is 0 Å². The largest absolute Gasteiger partial charge is 0.375 e. The van der Waals surface area contributed by atoms with Gasteiger partial charge in [0.2, 0.25) is 0 Å². The average Bonchev–Trinajstić information content (AvgIpc) is 2.65. The van der Waals surface area contributed by atoms with E-state index >= 15 is 0 Å².